The lowest BCUT2D eigenvalue weighted by atomic mass is 10.1. The molecule has 2 rings (SSSR count). The Morgan fingerprint density at radius 1 is 1.00 bits per heavy atom. The number of rotatable bonds is 6. The summed E-state index contributed by atoms with van der Waals surface area (Å²) in [5.41, 5.74) is 2.62. The molecule has 106 valence electrons. The molecular formula is C17H20BrNO. The van der Waals surface area contributed by atoms with Gasteiger partial charge in [0, 0.05) is 17.1 Å². The maximum absolute atomic E-state index is 5.17. The van der Waals surface area contributed by atoms with Crippen LogP contribution in [0.3, 0.4) is 0 Å². The third kappa shape index (κ3) is 4.66. The van der Waals surface area contributed by atoms with Crippen molar-refractivity contribution in [1.82, 2.24) is 5.32 Å². The van der Waals surface area contributed by atoms with Gasteiger partial charge in [0.2, 0.25) is 0 Å². The maximum atomic E-state index is 5.17. The maximum Gasteiger partial charge on any atom is 0.118 e. The minimum atomic E-state index is 0.437. The molecule has 0 heterocycles. The van der Waals surface area contributed by atoms with Crippen LogP contribution in [0.5, 0.6) is 5.75 Å². The van der Waals surface area contributed by atoms with Crippen LogP contribution in [0.15, 0.2) is 53.0 Å². The number of methoxy groups -OCH3 is 1. The fraction of sp³-hybridized carbons (Fsp3) is 0.294. The molecule has 0 fully saturated rings. The van der Waals surface area contributed by atoms with E-state index in [-0.39, 0.29) is 0 Å². The molecule has 2 aromatic rings. The molecule has 0 aromatic heterocycles. The Morgan fingerprint density at radius 2 is 1.60 bits per heavy atom. The van der Waals surface area contributed by atoms with Crippen molar-refractivity contribution < 1.29 is 4.74 Å². The highest BCUT2D eigenvalue weighted by Gasteiger charge is 2.03. The lowest BCUT2D eigenvalue weighted by Gasteiger charge is -2.14. The Balaban J connectivity index is 1.82. The van der Waals surface area contributed by atoms with E-state index in [1.807, 2.05) is 12.1 Å². The zero-order valence-corrected chi connectivity index (χ0v) is 13.5. The second-order valence-corrected chi connectivity index (χ2v) is 5.88. The zero-order chi connectivity index (χ0) is 14.4. The number of hydrogen-bond donors (Lipinski definition) is 1. The Morgan fingerprint density at radius 3 is 2.20 bits per heavy atom. The molecule has 3 heteroatoms. The minimum Gasteiger partial charge on any atom is -0.497 e. The molecule has 20 heavy (non-hydrogen) atoms. The first-order valence-electron chi connectivity index (χ1n) is 6.78. The fourth-order valence-corrected chi connectivity index (χ4v) is 2.35. The summed E-state index contributed by atoms with van der Waals surface area (Å²) in [7, 11) is 1.69. The molecule has 2 nitrogen and oxygen atoms in total. The van der Waals surface area contributed by atoms with Gasteiger partial charge < -0.3 is 10.1 Å². The molecule has 0 aliphatic rings. The molecule has 0 bridgehead atoms. The van der Waals surface area contributed by atoms with Gasteiger partial charge in [0.15, 0.2) is 0 Å². The Bertz CT molecular complexity index is 522. The molecule has 0 amide bonds. The van der Waals surface area contributed by atoms with Crippen LogP contribution in [0.1, 0.15) is 18.1 Å². The van der Waals surface area contributed by atoms with Crippen molar-refractivity contribution in [2.45, 2.75) is 25.9 Å². The number of nitrogens with one attached hydrogen (secondary N) is 1. The molecule has 0 saturated carbocycles. The Labute approximate surface area is 129 Å². The number of hydrogen-bond acceptors (Lipinski definition) is 2. The molecule has 2 aromatic carbocycles. The van der Waals surface area contributed by atoms with Gasteiger partial charge in [0.05, 0.1) is 7.11 Å². The van der Waals surface area contributed by atoms with Crippen LogP contribution in [0, 0.1) is 0 Å². The molecule has 0 radical (unpaired) electrons. The summed E-state index contributed by atoms with van der Waals surface area (Å²) in [6.45, 7) is 3.10. The molecular weight excluding hydrogens is 314 g/mol. The van der Waals surface area contributed by atoms with Crippen molar-refractivity contribution >= 4 is 15.9 Å². The molecule has 0 saturated heterocycles. The monoisotopic (exact) mass is 333 g/mol. The Hall–Kier alpha value is -1.32. The van der Waals surface area contributed by atoms with E-state index in [0.717, 1.165) is 23.2 Å². The standard InChI is InChI=1S/C17H20BrNO/c1-13(11-14-5-9-17(20-2)10-6-14)19-12-15-3-7-16(18)8-4-15/h3-10,13,19H,11-12H2,1-2H3/t13-/m0/s1. The summed E-state index contributed by atoms with van der Waals surface area (Å²) in [4.78, 5) is 0. The van der Waals surface area contributed by atoms with Gasteiger partial charge in [-0.2, -0.15) is 0 Å². The minimum absolute atomic E-state index is 0.437. The van der Waals surface area contributed by atoms with Crippen molar-refractivity contribution in [3.8, 4) is 5.75 Å². The van der Waals surface area contributed by atoms with Crippen molar-refractivity contribution in [2.24, 2.45) is 0 Å². The second-order valence-electron chi connectivity index (χ2n) is 4.96. The summed E-state index contributed by atoms with van der Waals surface area (Å²) in [5, 5.41) is 3.55. The van der Waals surface area contributed by atoms with E-state index in [2.05, 4.69) is 64.6 Å². The Kier molecular flexibility index (Phi) is 5.62. The summed E-state index contributed by atoms with van der Waals surface area (Å²) in [6, 6.07) is 17.1. The van der Waals surface area contributed by atoms with Gasteiger partial charge in [-0.3, -0.25) is 0 Å². The van der Waals surface area contributed by atoms with Crippen LogP contribution in [-0.2, 0) is 13.0 Å². The smallest absolute Gasteiger partial charge is 0.118 e. The molecule has 1 N–H and O–H groups in total. The van der Waals surface area contributed by atoms with Crippen molar-refractivity contribution in [2.75, 3.05) is 7.11 Å². The number of ether oxygens (including phenoxy) is 1. The third-order valence-corrected chi connectivity index (χ3v) is 3.80. The average molecular weight is 334 g/mol. The highest BCUT2D eigenvalue weighted by Crippen LogP contribution is 2.13. The van der Waals surface area contributed by atoms with Crippen LogP contribution in [0.25, 0.3) is 0 Å². The van der Waals surface area contributed by atoms with Gasteiger partial charge in [-0.15, -0.1) is 0 Å². The average Bonchev–Trinajstić information content (AvgIpc) is 2.47. The molecule has 1 atom stereocenters. The summed E-state index contributed by atoms with van der Waals surface area (Å²) in [6.07, 6.45) is 1.01. The van der Waals surface area contributed by atoms with E-state index >= 15 is 0 Å². The predicted octanol–water partition coefficient (Wildman–Crippen LogP) is 4.18. The predicted molar refractivity (Wildman–Crippen MR) is 87.1 cm³/mol. The summed E-state index contributed by atoms with van der Waals surface area (Å²) >= 11 is 3.45. The fourth-order valence-electron chi connectivity index (χ4n) is 2.08. The first kappa shape index (κ1) is 15.1. The lowest BCUT2D eigenvalue weighted by Crippen LogP contribution is -2.27. The van der Waals surface area contributed by atoms with E-state index in [1.54, 1.807) is 7.11 Å². The normalized spacial score (nSPS) is 12.2. The van der Waals surface area contributed by atoms with Gasteiger partial charge in [-0.1, -0.05) is 40.2 Å². The number of halogens is 1. The highest BCUT2D eigenvalue weighted by atomic mass is 79.9. The van der Waals surface area contributed by atoms with Crippen LogP contribution in [-0.4, -0.2) is 13.2 Å². The van der Waals surface area contributed by atoms with Crippen LogP contribution in [0.2, 0.25) is 0 Å². The van der Waals surface area contributed by atoms with E-state index in [9.17, 15) is 0 Å². The second kappa shape index (κ2) is 7.46. The van der Waals surface area contributed by atoms with E-state index < -0.39 is 0 Å². The molecule has 0 aliphatic heterocycles. The van der Waals surface area contributed by atoms with E-state index in [4.69, 9.17) is 4.74 Å². The van der Waals surface area contributed by atoms with E-state index in [1.165, 1.54) is 11.1 Å². The molecule has 0 spiro atoms. The summed E-state index contributed by atoms with van der Waals surface area (Å²) < 4.78 is 6.29. The molecule has 0 aliphatic carbocycles. The first-order valence-corrected chi connectivity index (χ1v) is 7.57. The quantitative estimate of drug-likeness (QED) is 0.856. The van der Waals surface area contributed by atoms with Crippen molar-refractivity contribution in [3.05, 3.63) is 64.1 Å². The van der Waals surface area contributed by atoms with E-state index in [0.29, 0.717) is 6.04 Å². The van der Waals surface area contributed by atoms with Gasteiger partial charge in [0.25, 0.3) is 0 Å². The topological polar surface area (TPSA) is 21.3 Å². The third-order valence-electron chi connectivity index (χ3n) is 3.27. The van der Waals surface area contributed by atoms with Crippen molar-refractivity contribution in [3.63, 3.8) is 0 Å². The largest absolute Gasteiger partial charge is 0.497 e. The zero-order valence-electron chi connectivity index (χ0n) is 11.9. The summed E-state index contributed by atoms with van der Waals surface area (Å²) in [5.74, 6) is 0.907. The van der Waals surface area contributed by atoms with Gasteiger partial charge >= 0.3 is 0 Å². The van der Waals surface area contributed by atoms with Gasteiger partial charge in [0.1, 0.15) is 5.75 Å². The highest BCUT2D eigenvalue weighted by molar-refractivity contribution is 9.10. The van der Waals surface area contributed by atoms with Gasteiger partial charge in [-0.25, -0.2) is 0 Å². The van der Waals surface area contributed by atoms with Crippen LogP contribution in [0.4, 0.5) is 0 Å². The van der Waals surface area contributed by atoms with Gasteiger partial charge in [-0.05, 0) is 48.7 Å². The molecule has 0 unspecified atom stereocenters. The van der Waals surface area contributed by atoms with Crippen LogP contribution >= 0.6 is 15.9 Å². The van der Waals surface area contributed by atoms with Crippen molar-refractivity contribution in [1.29, 1.82) is 0 Å². The number of benzene rings is 2. The lowest BCUT2D eigenvalue weighted by molar-refractivity contribution is 0.414. The van der Waals surface area contributed by atoms with Crippen LogP contribution < -0.4 is 10.1 Å². The first-order chi connectivity index (χ1) is 9.67. The SMILES string of the molecule is COc1ccc(C[C@H](C)NCc2ccc(Br)cc2)cc1.